The number of nitrogens with one attached hydrogen (secondary N) is 3. The van der Waals surface area contributed by atoms with E-state index in [1.54, 1.807) is 20.2 Å². The molecule has 3 N–H and O–H groups in total. The van der Waals surface area contributed by atoms with Crippen LogP contribution in [0.1, 0.15) is 29.3 Å². The molecule has 0 fully saturated rings. The van der Waals surface area contributed by atoms with Gasteiger partial charge in [0.15, 0.2) is 5.96 Å². The molecule has 0 atom stereocenters. The predicted octanol–water partition coefficient (Wildman–Crippen LogP) is 1.04. The third-order valence-electron chi connectivity index (χ3n) is 4.04. The maximum atomic E-state index is 11.7. The molecular formula is C18H32IN5O3S. The molecule has 28 heavy (non-hydrogen) atoms. The largest absolute Gasteiger partial charge is 0.356 e. The van der Waals surface area contributed by atoms with E-state index in [0.29, 0.717) is 44.1 Å². The molecule has 0 unspecified atom stereocenters. The van der Waals surface area contributed by atoms with Crippen molar-refractivity contribution < 1.29 is 13.2 Å². The Bertz CT molecular complexity index is 740. The summed E-state index contributed by atoms with van der Waals surface area (Å²) in [6.45, 7) is 4.07. The molecule has 0 aromatic heterocycles. The number of amides is 1. The smallest absolute Gasteiger partial charge is 0.251 e. The topological polar surface area (TPSA) is 103 Å². The lowest BCUT2D eigenvalue weighted by Crippen LogP contribution is -2.40. The average molecular weight is 525 g/mol. The van der Waals surface area contributed by atoms with Gasteiger partial charge in [0.05, 0.1) is 6.26 Å². The van der Waals surface area contributed by atoms with E-state index < -0.39 is 10.0 Å². The number of carbonyl (C=O) groups excluding carboxylic acids is 1. The van der Waals surface area contributed by atoms with Gasteiger partial charge in [0.1, 0.15) is 0 Å². The highest BCUT2D eigenvalue weighted by Gasteiger charge is 2.13. The Morgan fingerprint density at radius 1 is 1.21 bits per heavy atom. The second-order valence-electron chi connectivity index (χ2n) is 6.06. The highest BCUT2D eigenvalue weighted by molar-refractivity contribution is 14.0. The number of rotatable bonds is 10. The number of guanidine groups is 1. The van der Waals surface area contributed by atoms with Crippen LogP contribution in [0.3, 0.4) is 0 Å². The zero-order chi connectivity index (χ0) is 20.3. The molecule has 8 nitrogen and oxygen atoms in total. The second-order valence-corrected chi connectivity index (χ2v) is 8.05. The molecule has 0 spiro atoms. The van der Waals surface area contributed by atoms with E-state index in [1.807, 2.05) is 25.1 Å². The van der Waals surface area contributed by atoms with Crippen molar-refractivity contribution in [1.82, 2.24) is 20.3 Å². The summed E-state index contributed by atoms with van der Waals surface area (Å²) in [7, 11) is 0.157. The molecule has 10 heteroatoms. The molecule has 0 radical (unpaired) electrons. The monoisotopic (exact) mass is 525 g/mol. The fraction of sp³-hybridized carbons (Fsp3) is 0.556. The van der Waals surface area contributed by atoms with Crippen LogP contribution in [-0.2, 0) is 16.4 Å². The van der Waals surface area contributed by atoms with Crippen LogP contribution >= 0.6 is 24.0 Å². The van der Waals surface area contributed by atoms with Crippen LogP contribution in [0.25, 0.3) is 0 Å². The van der Waals surface area contributed by atoms with Crippen molar-refractivity contribution in [3.8, 4) is 0 Å². The standard InChI is InChI=1S/C18H31N5O3S.HI/c1-5-23(27(4,25)26)13-7-11-21-18(20-3)22-12-10-15-8-6-9-16(14-15)17(24)19-2;/h6,8-9,14H,5,7,10-13H2,1-4H3,(H,19,24)(H2,20,21,22);1H. The van der Waals surface area contributed by atoms with Crippen LogP contribution in [0, 0.1) is 0 Å². The molecule has 0 aliphatic heterocycles. The van der Waals surface area contributed by atoms with Gasteiger partial charge < -0.3 is 16.0 Å². The Labute approximate surface area is 185 Å². The van der Waals surface area contributed by atoms with Crippen molar-refractivity contribution in [2.75, 3.05) is 46.5 Å². The SMILES string of the molecule is CCN(CCCNC(=NC)NCCc1cccc(C(=O)NC)c1)S(C)(=O)=O.I. The number of aliphatic imine (C=N–C) groups is 1. The van der Waals surface area contributed by atoms with E-state index in [2.05, 4.69) is 20.9 Å². The number of carbonyl (C=O) groups is 1. The lowest BCUT2D eigenvalue weighted by atomic mass is 10.1. The van der Waals surface area contributed by atoms with Crippen LogP contribution in [0.15, 0.2) is 29.3 Å². The van der Waals surface area contributed by atoms with Gasteiger partial charge in [-0.1, -0.05) is 19.1 Å². The lowest BCUT2D eigenvalue weighted by Gasteiger charge is -2.18. The van der Waals surface area contributed by atoms with Crippen molar-refractivity contribution in [3.05, 3.63) is 35.4 Å². The molecule has 0 bridgehead atoms. The molecule has 0 saturated heterocycles. The summed E-state index contributed by atoms with van der Waals surface area (Å²) in [5.74, 6) is 0.567. The van der Waals surface area contributed by atoms with Crippen LogP contribution in [0.2, 0.25) is 0 Å². The van der Waals surface area contributed by atoms with Crippen LogP contribution in [0.4, 0.5) is 0 Å². The van der Waals surface area contributed by atoms with Crippen LogP contribution in [-0.4, -0.2) is 71.1 Å². The first kappa shape index (κ1) is 26.6. The molecule has 1 aromatic carbocycles. The summed E-state index contributed by atoms with van der Waals surface area (Å²) in [5.41, 5.74) is 1.70. The normalized spacial score (nSPS) is 11.7. The quantitative estimate of drug-likeness (QED) is 0.184. The fourth-order valence-electron chi connectivity index (χ4n) is 2.58. The first-order valence-electron chi connectivity index (χ1n) is 9.02. The number of benzene rings is 1. The zero-order valence-corrected chi connectivity index (χ0v) is 20.1. The third kappa shape index (κ3) is 9.69. The van der Waals surface area contributed by atoms with E-state index in [0.717, 1.165) is 12.0 Å². The zero-order valence-electron chi connectivity index (χ0n) is 17.0. The van der Waals surface area contributed by atoms with Gasteiger partial charge in [0, 0.05) is 45.8 Å². The van der Waals surface area contributed by atoms with E-state index in [1.165, 1.54) is 10.6 Å². The van der Waals surface area contributed by atoms with Gasteiger partial charge in [-0.15, -0.1) is 24.0 Å². The van der Waals surface area contributed by atoms with Crippen molar-refractivity contribution in [2.24, 2.45) is 4.99 Å². The Kier molecular flexibility index (Phi) is 13.0. The molecular weight excluding hydrogens is 493 g/mol. The summed E-state index contributed by atoms with van der Waals surface area (Å²) in [6, 6.07) is 7.51. The summed E-state index contributed by atoms with van der Waals surface area (Å²) in [4.78, 5) is 15.8. The molecule has 0 saturated carbocycles. The molecule has 0 heterocycles. The Hall–Kier alpha value is -1.40. The first-order chi connectivity index (χ1) is 12.8. The minimum Gasteiger partial charge on any atom is -0.356 e. The molecule has 0 aliphatic carbocycles. The maximum absolute atomic E-state index is 11.7. The van der Waals surface area contributed by atoms with Crippen LogP contribution in [0.5, 0.6) is 0 Å². The molecule has 160 valence electrons. The van der Waals surface area contributed by atoms with Gasteiger partial charge in [-0.05, 0) is 30.5 Å². The van der Waals surface area contributed by atoms with Gasteiger partial charge >= 0.3 is 0 Å². The minimum atomic E-state index is -3.15. The number of hydrogen-bond donors (Lipinski definition) is 3. The highest BCUT2D eigenvalue weighted by atomic mass is 127. The Balaban J connectivity index is 0.00000729. The number of sulfonamides is 1. The minimum absolute atomic E-state index is 0. The number of nitrogens with zero attached hydrogens (tertiary/aromatic N) is 2. The number of hydrogen-bond acceptors (Lipinski definition) is 4. The van der Waals surface area contributed by atoms with Gasteiger partial charge in [-0.3, -0.25) is 9.79 Å². The molecule has 1 rings (SSSR count). The van der Waals surface area contributed by atoms with Gasteiger partial charge in [0.25, 0.3) is 5.91 Å². The van der Waals surface area contributed by atoms with Crippen LogP contribution < -0.4 is 16.0 Å². The highest BCUT2D eigenvalue weighted by Crippen LogP contribution is 2.05. The Morgan fingerprint density at radius 3 is 2.46 bits per heavy atom. The third-order valence-corrected chi connectivity index (χ3v) is 5.42. The fourth-order valence-corrected chi connectivity index (χ4v) is 3.51. The summed E-state index contributed by atoms with van der Waals surface area (Å²) >= 11 is 0. The van der Waals surface area contributed by atoms with E-state index in [-0.39, 0.29) is 29.9 Å². The maximum Gasteiger partial charge on any atom is 0.251 e. The summed E-state index contributed by atoms with van der Waals surface area (Å²) in [5, 5.41) is 9.02. The van der Waals surface area contributed by atoms with Crippen molar-refractivity contribution in [2.45, 2.75) is 19.8 Å². The predicted molar refractivity (Wildman–Crippen MR) is 125 cm³/mol. The van der Waals surface area contributed by atoms with Crippen molar-refractivity contribution in [1.29, 1.82) is 0 Å². The van der Waals surface area contributed by atoms with Crippen molar-refractivity contribution in [3.63, 3.8) is 0 Å². The van der Waals surface area contributed by atoms with E-state index >= 15 is 0 Å². The number of halogens is 1. The van der Waals surface area contributed by atoms with Gasteiger partial charge in [0.2, 0.25) is 10.0 Å². The van der Waals surface area contributed by atoms with E-state index in [9.17, 15) is 13.2 Å². The van der Waals surface area contributed by atoms with E-state index in [4.69, 9.17) is 0 Å². The average Bonchev–Trinajstić information content (AvgIpc) is 2.65. The second kappa shape index (κ2) is 13.7. The summed E-state index contributed by atoms with van der Waals surface area (Å²) < 4.78 is 24.6. The van der Waals surface area contributed by atoms with Gasteiger partial charge in [-0.2, -0.15) is 0 Å². The molecule has 1 aromatic rings. The summed E-state index contributed by atoms with van der Waals surface area (Å²) in [6.07, 6.45) is 2.67. The van der Waals surface area contributed by atoms with Crippen molar-refractivity contribution >= 4 is 45.9 Å². The lowest BCUT2D eigenvalue weighted by molar-refractivity contribution is 0.0963. The van der Waals surface area contributed by atoms with Gasteiger partial charge in [-0.25, -0.2) is 12.7 Å². The molecule has 1 amide bonds. The first-order valence-corrected chi connectivity index (χ1v) is 10.9. The Morgan fingerprint density at radius 2 is 1.89 bits per heavy atom. The molecule has 0 aliphatic rings.